The number of carbonyl (C=O) groups excluding carboxylic acids is 2. The number of rotatable bonds is 9. The van der Waals surface area contributed by atoms with Crippen molar-refractivity contribution >= 4 is 60.3 Å². The minimum absolute atomic E-state index is 0.244. The maximum absolute atomic E-state index is 11.7. The number of halogens is 2. The SMILES string of the molecule is CCOC(=O)/C=C(\C)c1cc2c(Br)cc(Br)c(OCCCC(=O)OCC)c2o1. The Labute approximate surface area is 180 Å². The summed E-state index contributed by atoms with van der Waals surface area (Å²) in [7, 11) is 0. The van der Waals surface area contributed by atoms with Crippen LogP contribution in [0.5, 0.6) is 5.75 Å². The van der Waals surface area contributed by atoms with Crippen molar-refractivity contribution in [3.63, 3.8) is 0 Å². The Hall–Kier alpha value is -1.80. The molecule has 0 aliphatic carbocycles. The van der Waals surface area contributed by atoms with Crippen molar-refractivity contribution in [2.45, 2.75) is 33.6 Å². The Bertz CT molecular complexity index is 884. The molecule has 0 amide bonds. The van der Waals surface area contributed by atoms with Gasteiger partial charge in [0.15, 0.2) is 11.3 Å². The van der Waals surface area contributed by atoms with Crippen LogP contribution in [0.4, 0.5) is 0 Å². The van der Waals surface area contributed by atoms with Gasteiger partial charge in [0.2, 0.25) is 0 Å². The lowest BCUT2D eigenvalue weighted by Crippen LogP contribution is -2.07. The number of hydrogen-bond donors (Lipinski definition) is 0. The average Bonchev–Trinajstić information content (AvgIpc) is 3.07. The van der Waals surface area contributed by atoms with E-state index in [-0.39, 0.29) is 12.4 Å². The van der Waals surface area contributed by atoms with Gasteiger partial charge in [-0.15, -0.1) is 0 Å². The van der Waals surface area contributed by atoms with Gasteiger partial charge in [-0.3, -0.25) is 4.79 Å². The number of fused-ring (bicyclic) bond motifs is 1. The normalized spacial score (nSPS) is 11.5. The van der Waals surface area contributed by atoms with E-state index < -0.39 is 5.97 Å². The van der Waals surface area contributed by atoms with Crippen molar-refractivity contribution < 1.29 is 28.2 Å². The van der Waals surface area contributed by atoms with E-state index in [1.54, 1.807) is 20.8 Å². The summed E-state index contributed by atoms with van der Waals surface area (Å²) in [5, 5.41) is 0.815. The molecule has 2 aromatic rings. The van der Waals surface area contributed by atoms with Gasteiger partial charge in [0, 0.05) is 22.4 Å². The van der Waals surface area contributed by atoms with Crippen molar-refractivity contribution in [1.29, 1.82) is 0 Å². The summed E-state index contributed by atoms with van der Waals surface area (Å²) in [6, 6.07) is 3.70. The zero-order valence-electron chi connectivity index (χ0n) is 16.0. The first-order valence-corrected chi connectivity index (χ1v) is 10.5. The summed E-state index contributed by atoms with van der Waals surface area (Å²) in [5.41, 5.74) is 1.19. The van der Waals surface area contributed by atoms with Gasteiger partial charge in [-0.05, 0) is 76.8 Å². The van der Waals surface area contributed by atoms with Crippen LogP contribution < -0.4 is 4.74 Å². The smallest absolute Gasteiger partial charge is 0.331 e. The van der Waals surface area contributed by atoms with E-state index in [2.05, 4.69) is 31.9 Å². The molecule has 0 radical (unpaired) electrons. The molecule has 0 saturated heterocycles. The topological polar surface area (TPSA) is 75.0 Å². The van der Waals surface area contributed by atoms with Crippen molar-refractivity contribution in [3.05, 3.63) is 32.9 Å². The predicted molar refractivity (Wildman–Crippen MR) is 113 cm³/mol. The molecule has 0 bridgehead atoms. The molecule has 0 aliphatic heterocycles. The van der Waals surface area contributed by atoms with Crippen molar-refractivity contribution in [2.75, 3.05) is 19.8 Å². The average molecular weight is 518 g/mol. The molecule has 0 N–H and O–H groups in total. The van der Waals surface area contributed by atoms with Crippen LogP contribution in [0, 0.1) is 0 Å². The van der Waals surface area contributed by atoms with E-state index in [1.807, 2.05) is 12.1 Å². The van der Waals surface area contributed by atoms with Crippen LogP contribution in [0.15, 0.2) is 31.6 Å². The molecule has 28 heavy (non-hydrogen) atoms. The van der Waals surface area contributed by atoms with Gasteiger partial charge in [-0.25, -0.2) is 4.79 Å². The van der Waals surface area contributed by atoms with Crippen LogP contribution in [0.2, 0.25) is 0 Å². The van der Waals surface area contributed by atoms with Gasteiger partial charge in [-0.2, -0.15) is 0 Å². The molecule has 0 aliphatic rings. The van der Waals surface area contributed by atoms with E-state index in [9.17, 15) is 9.59 Å². The van der Waals surface area contributed by atoms with Gasteiger partial charge in [0.05, 0.1) is 24.3 Å². The van der Waals surface area contributed by atoms with Gasteiger partial charge in [0.25, 0.3) is 0 Å². The zero-order valence-corrected chi connectivity index (χ0v) is 19.1. The number of hydrogen-bond acceptors (Lipinski definition) is 6. The number of carbonyl (C=O) groups is 2. The van der Waals surface area contributed by atoms with Crippen LogP contribution >= 0.6 is 31.9 Å². The predicted octanol–water partition coefficient (Wildman–Crippen LogP) is 5.65. The van der Waals surface area contributed by atoms with Crippen LogP contribution in [0.3, 0.4) is 0 Å². The lowest BCUT2D eigenvalue weighted by Gasteiger charge is -2.09. The first-order chi connectivity index (χ1) is 13.4. The molecule has 6 nitrogen and oxygen atoms in total. The highest BCUT2D eigenvalue weighted by Gasteiger charge is 2.18. The Morgan fingerprint density at radius 3 is 2.50 bits per heavy atom. The van der Waals surface area contributed by atoms with Gasteiger partial charge in [-0.1, -0.05) is 0 Å². The Morgan fingerprint density at radius 1 is 1.11 bits per heavy atom. The summed E-state index contributed by atoms with van der Waals surface area (Å²) < 4.78 is 23.2. The number of ether oxygens (including phenoxy) is 3. The Kier molecular flexibility index (Phi) is 8.57. The fourth-order valence-electron chi connectivity index (χ4n) is 2.48. The molecule has 1 aromatic heterocycles. The Morgan fingerprint density at radius 2 is 1.82 bits per heavy atom. The van der Waals surface area contributed by atoms with Crippen LogP contribution in [0.1, 0.15) is 39.4 Å². The number of allylic oxidation sites excluding steroid dienone is 1. The van der Waals surface area contributed by atoms with Crippen LogP contribution in [-0.4, -0.2) is 31.8 Å². The van der Waals surface area contributed by atoms with Gasteiger partial charge >= 0.3 is 11.9 Å². The summed E-state index contributed by atoms with van der Waals surface area (Å²) >= 11 is 7.01. The van der Waals surface area contributed by atoms with Crippen molar-refractivity contribution in [1.82, 2.24) is 0 Å². The standard InChI is InChI=1S/C20H22Br2O6/c1-4-25-17(23)7-6-8-27-20-15(22)11-14(21)13-10-16(28-19(13)20)12(3)9-18(24)26-5-2/h9-11H,4-8H2,1-3H3/b12-9+. The lowest BCUT2D eigenvalue weighted by atomic mass is 10.2. The largest absolute Gasteiger partial charge is 0.488 e. The minimum Gasteiger partial charge on any atom is -0.488 e. The summed E-state index contributed by atoms with van der Waals surface area (Å²) in [6.45, 7) is 6.32. The van der Waals surface area contributed by atoms with E-state index in [0.29, 0.717) is 48.9 Å². The number of furan rings is 1. The monoisotopic (exact) mass is 516 g/mol. The molecule has 152 valence electrons. The summed E-state index contributed by atoms with van der Waals surface area (Å²) in [4.78, 5) is 23.1. The minimum atomic E-state index is -0.420. The second kappa shape index (κ2) is 10.7. The van der Waals surface area contributed by atoms with Gasteiger partial charge < -0.3 is 18.6 Å². The summed E-state index contributed by atoms with van der Waals surface area (Å²) in [6.07, 6.45) is 2.21. The number of esters is 2. The molecule has 0 unspecified atom stereocenters. The maximum Gasteiger partial charge on any atom is 0.331 e. The second-order valence-electron chi connectivity index (χ2n) is 5.86. The Balaban J connectivity index is 2.23. The third-order valence-electron chi connectivity index (χ3n) is 3.75. The third kappa shape index (κ3) is 5.85. The molecule has 8 heteroatoms. The quantitative estimate of drug-likeness (QED) is 0.243. The number of benzene rings is 1. The first kappa shape index (κ1) is 22.5. The van der Waals surface area contributed by atoms with Crippen LogP contribution in [-0.2, 0) is 19.1 Å². The highest BCUT2D eigenvalue weighted by atomic mass is 79.9. The van der Waals surface area contributed by atoms with E-state index in [4.69, 9.17) is 18.6 Å². The molecule has 0 saturated carbocycles. The molecule has 1 heterocycles. The highest BCUT2D eigenvalue weighted by molar-refractivity contribution is 9.11. The maximum atomic E-state index is 11.7. The van der Waals surface area contributed by atoms with Gasteiger partial charge in [0.1, 0.15) is 5.76 Å². The highest BCUT2D eigenvalue weighted by Crippen LogP contribution is 2.41. The van der Waals surface area contributed by atoms with E-state index in [1.165, 1.54) is 6.08 Å². The molecular formula is C20H22Br2O6. The fraction of sp³-hybridized carbons (Fsp3) is 0.400. The third-order valence-corrected chi connectivity index (χ3v) is 5.00. The van der Waals surface area contributed by atoms with E-state index >= 15 is 0 Å². The molecule has 0 atom stereocenters. The zero-order chi connectivity index (χ0) is 20.7. The van der Waals surface area contributed by atoms with E-state index in [0.717, 1.165) is 14.3 Å². The molecule has 1 aromatic carbocycles. The fourth-order valence-corrected chi connectivity index (χ4v) is 3.84. The molecule has 2 rings (SSSR count). The second-order valence-corrected chi connectivity index (χ2v) is 7.57. The molecular weight excluding hydrogens is 496 g/mol. The summed E-state index contributed by atoms with van der Waals surface area (Å²) in [5.74, 6) is 0.415. The van der Waals surface area contributed by atoms with Crippen molar-refractivity contribution in [3.8, 4) is 5.75 Å². The molecule has 0 fully saturated rings. The van der Waals surface area contributed by atoms with Crippen LogP contribution in [0.25, 0.3) is 16.5 Å². The lowest BCUT2D eigenvalue weighted by molar-refractivity contribution is -0.143. The molecule has 0 spiro atoms. The van der Waals surface area contributed by atoms with Crippen molar-refractivity contribution in [2.24, 2.45) is 0 Å². The first-order valence-electron chi connectivity index (χ1n) is 8.92.